The highest BCUT2D eigenvalue weighted by atomic mass is 32.2. The van der Waals surface area contributed by atoms with Crippen molar-refractivity contribution in [1.82, 2.24) is 4.98 Å². The highest BCUT2D eigenvalue weighted by Crippen LogP contribution is 2.21. The number of hydrogen-bond acceptors (Lipinski definition) is 5. The van der Waals surface area contributed by atoms with Gasteiger partial charge in [0.2, 0.25) is 0 Å². The number of hydrogen-bond donors (Lipinski definition) is 2. The molecule has 0 aliphatic heterocycles. The van der Waals surface area contributed by atoms with Crippen LogP contribution in [0.15, 0.2) is 23.2 Å². The van der Waals surface area contributed by atoms with Gasteiger partial charge < -0.3 is 10.4 Å². The van der Waals surface area contributed by atoms with Crippen molar-refractivity contribution < 1.29 is 13.5 Å². The number of nitrogens with one attached hydrogen (secondary N) is 1. The van der Waals surface area contributed by atoms with Gasteiger partial charge in [-0.2, -0.15) is 0 Å². The average molecular weight is 272 g/mol. The number of anilines is 1. The Labute approximate surface area is 108 Å². The van der Waals surface area contributed by atoms with Crippen LogP contribution in [0.3, 0.4) is 0 Å². The number of rotatable bonds is 6. The monoisotopic (exact) mass is 272 g/mol. The Morgan fingerprint density at radius 2 is 2.11 bits per heavy atom. The second-order valence-corrected chi connectivity index (χ2v) is 6.61. The van der Waals surface area contributed by atoms with Gasteiger partial charge in [-0.1, -0.05) is 13.8 Å². The maximum absolute atomic E-state index is 11.6. The van der Waals surface area contributed by atoms with E-state index in [1.165, 1.54) is 6.07 Å². The van der Waals surface area contributed by atoms with Crippen LogP contribution in [-0.4, -0.2) is 37.4 Å². The third kappa shape index (κ3) is 3.96. The number of aromatic nitrogens is 1. The Bertz CT molecular complexity index is 486. The van der Waals surface area contributed by atoms with Crippen LogP contribution in [0.25, 0.3) is 0 Å². The standard InChI is InChI=1S/C12H20N2O3S/c1-9(2)10(6-8-15)14-12-11(18(3,16)17)5-4-7-13-12/h4-5,7,9-10,15H,6,8H2,1-3H3,(H,13,14). The minimum absolute atomic E-state index is 0.00889. The molecule has 0 saturated heterocycles. The smallest absolute Gasteiger partial charge is 0.179 e. The molecule has 1 aromatic rings. The lowest BCUT2D eigenvalue weighted by Crippen LogP contribution is -2.28. The largest absolute Gasteiger partial charge is 0.396 e. The Morgan fingerprint density at radius 1 is 1.44 bits per heavy atom. The second-order valence-electron chi connectivity index (χ2n) is 4.63. The van der Waals surface area contributed by atoms with Crippen LogP contribution in [0.1, 0.15) is 20.3 Å². The van der Waals surface area contributed by atoms with Crippen molar-refractivity contribution >= 4 is 15.7 Å². The van der Waals surface area contributed by atoms with Crippen molar-refractivity contribution in [1.29, 1.82) is 0 Å². The zero-order valence-electron chi connectivity index (χ0n) is 10.9. The lowest BCUT2D eigenvalue weighted by atomic mass is 10.0. The van der Waals surface area contributed by atoms with Crippen LogP contribution in [0, 0.1) is 5.92 Å². The fraction of sp³-hybridized carbons (Fsp3) is 0.583. The molecule has 0 aliphatic rings. The first-order valence-electron chi connectivity index (χ1n) is 5.88. The molecule has 1 heterocycles. The summed E-state index contributed by atoms with van der Waals surface area (Å²) in [6, 6.07) is 3.12. The Morgan fingerprint density at radius 3 is 2.61 bits per heavy atom. The van der Waals surface area contributed by atoms with Gasteiger partial charge in [0, 0.05) is 25.1 Å². The third-order valence-corrected chi connectivity index (χ3v) is 3.87. The van der Waals surface area contributed by atoms with Crippen molar-refractivity contribution in [3.05, 3.63) is 18.3 Å². The fourth-order valence-corrected chi connectivity index (χ4v) is 2.47. The van der Waals surface area contributed by atoms with Crippen molar-refractivity contribution in [3.8, 4) is 0 Å². The minimum Gasteiger partial charge on any atom is -0.396 e. The van der Waals surface area contributed by atoms with Crippen LogP contribution >= 0.6 is 0 Å². The van der Waals surface area contributed by atoms with Crippen molar-refractivity contribution in [2.24, 2.45) is 5.92 Å². The molecule has 0 bridgehead atoms. The third-order valence-electron chi connectivity index (χ3n) is 2.74. The summed E-state index contributed by atoms with van der Waals surface area (Å²) >= 11 is 0. The normalized spacial score (nSPS) is 13.6. The minimum atomic E-state index is -3.31. The maximum Gasteiger partial charge on any atom is 0.179 e. The predicted molar refractivity (Wildman–Crippen MR) is 71.3 cm³/mol. The number of aliphatic hydroxyl groups is 1. The summed E-state index contributed by atoms with van der Waals surface area (Å²) in [4.78, 5) is 4.27. The number of nitrogens with zero attached hydrogens (tertiary/aromatic N) is 1. The van der Waals surface area contributed by atoms with Gasteiger partial charge in [0.25, 0.3) is 0 Å². The molecule has 6 heteroatoms. The van der Waals surface area contributed by atoms with Crippen LogP contribution in [0.4, 0.5) is 5.82 Å². The molecule has 0 aliphatic carbocycles. The number of aliphatic hydroxyl groups excluding tert-OH is 1. The van der Waals surface area contributed by atoms with E-state index < -0.39 is 9.84 Å². The van der Waals surface area contributed by atoms with Gasteiger partial charge in [-0.15, -0.1) is 0 Å². The molecule has 0 amide bonds. The van der Waals surface area contributed by atoms with Crippen molar-refractivity contribution in [2.75, 3.05) is 18.2 Å². The van der Waals surface area contributed by atoms with Crippen LogP contribution in [0.2, 0.25) is 0 Å². The lowest BCUT2D eigenvalue weighted by molar-refractivity contribution is 0.267. The van der Waals surface area contributed by atoms with E-state index in [1.807, 2.05) is 13.8 Å². The topological polar surface area (TPSA) is 79.3 Å². The average Bonchev–Trinajstić information content (AvgIpc) is 2.27. The molecule has 0 spiro atoms. The predicted octanol–water partition coefficient (Wildman–Crippen LogP) is 1.30. The molecule has 1 aromatic heterocycles. The highest BCUT2D eigenvalue weighted by Gasteiger charge is 2.18. The quantitative estimate of drug-likeness (QED) is 0.816. The van der Waals surface area contributed by atoms with E-state index in [9.17, 15) is 8.42 Å². The molecule has 1 unspecified atom stereocenters. The van der Waals surface area contributed by atoms with Gasteiger partial charge in [0.15, 0.2) is 9.84 Å². The molecule has 102 valence electrons. The Hall–Kier alpha value is -1.14. The van der Waals surface area contributed by atoms with Gasteiger partial charge in [0.05, 0.1) is 0 Å². The zero-order chi connectivity index (χ0) is 13.8. The molecule has 2 N–H and O–H groups in total. The summed E-state index contributed by atoms with van der Waals surface area (Å²) in [5.41, 5.74) is 0. The first-order valence-corrected chi connectivity index (χ1v) is 7.78. The zero-order valence-corrected chi connectivity index (χ0v) is 11.7. The maximum atomic E-state index is 11.6. The van der Waals surface area contributed by atoms with Crippen molar-refractivity contribution in [2.45, 2.75) is 31.2 Å². The van der Waals surface area contributed by atoms with Gasteiger partial charge in [0.1, 0.15) is 10.7 Å². The lowest BCUT2D eigenvalue weighted by Gasteiger charge is -2.23. The summed E-state index contributed by atoms with van der Waals surface area (Å²) in [5.74, 6) is 0.624. The molecule has 0 fully saturated rings. The highest BCUT2D eigenvalue weighted by molar-refractivity contribution is 7.90. The number of pyridine rings is 1. The fourth-order valence-electron chi connectivity index (χ4n) is 1.69. The van der Waals surface area contributed by atoms with E-state index in [2.05, 4.69) is 10.3 Å². The second kappa shape index (κ2) is 6.15. The Kier molecular flexibility index (Phi) is 5.10. The van der Waals surface area contributed by atoms with E-state index in [1.54, 1.807) is 12.3 Å². The van der Waals surface area contributed by atoms with Crippen molar-refractivity contribution in [3.63, 3.8) is 0 Å². The molecule has 1 atom stereocenters. The molecular formula is C12H20N2O3S. The SMILES string of the molecule is CC(C)C(CCO)Nc1ncccc1S(C)(=O)=O. The molecule has 18 heavy (non-hydrogen) atoms. The summed E-state index contributed by atoms with van der Waals surface area (Å²) in [6.07, 6.45) is 3.26. The van der Waals surface area contributed by atoms with E-state index in [4.69, 9.17) is 5.11 Å². The van der Waals surface area contributed by atoms with Gasteiger partial charge in [-0.05, 0) is 24.5 Å². The summed E-state index contributed by atoms with van der Waals surface area (Å²) < 4.78 is 23.3. The van der Waals surface area contributed by atoms with Crippen LogP contribution in [-0.2, 0) is 9.84 Å². The first-order chi connectivity index (χ1) is 8.36. The molecular weight excluding hydrogens is 252 g/mol. The Balaban J connectivity index is 3.03. The molecule has 5 nitrogen and oxygen atoms in total. The number of sulfone groups is 1. The summed E-state index contributed by atoms with van der Waals surface area (Å²) in [5, 5.41) is 12.1. The summed E-state index contributed by atoms with van der Waals surface area (Å²) in [7, 11) is -3.31. The van der Waals surface area contributed by atoms with E-state index in [-0.39, 0.29) is 23.5 Å². The van der Waals surface area contributed by atoms with Gasteiger partial charge in [-0.3, -0.25) is 0 Å². The van der Waals surface area contributed by atoms with Gasteiger partial charge in [-0.25, -0.2) is 13.4 Å². The first kappa shape index (κ1) is 14.9. The van der Waals surface area contributed by atoms with E-state index in [0.29, 0.717) is 12.2 Å². The van der Waals surface area contributed by atoms with E-state index in [0.717, 1.165) is 6.26 Å². The van der Waals surface area contributed by atoms with Crippen LogP contribution < -0.4 is 5.32 Å². The van der Waals surface area contributed by atoms with Crippen LogP contribution in [0.5, 0.6) is 0 Å². The van der Waals surface area contributed by atoms with Gasteiger partial charge >= 0.3 is 0 Å². The molecule has 0 radical (unpaired) electrons. The van der Waals surface area contributed by atoms with E-state index >= 15 is 0 Å². The molecule has 0 aromatic carbocycles. The molecule has 1 rings (SSSR count). The summed E-state index contributed by atoms with van der Waals surface area (Å²) in [6.45, 7) is 4.07. The molecule has 0 saturated carbocycles.